The van der Waals surface area contributed by atoms with Crippen molar-refractivity contribution in [2.24, 2.45) is 0 Å². The van der Waals surface area contributed by atoms with E-state index < -0.39 is 0 Å². The van der Waals surface area contributed by atoms with E-state index >= 15 is 0 Å². The van der Waals surface area contributed by atoms with E-state index in [1.807, 2.05) is 48.5 Å². The summed E-state index contributed by atoms with van der Waals surface area (Å²) in [5.41, 5.74) is 3.03. The molecule has 0 radical (unpaired) electrons. The monoisotopic (exact) mass is 527 g/mol. The average Bonchev–Trinajstić information content (AvgIpc) is 2.76. The molecule has 4 nitrogen and oxygen atoms in total. The van der Waals surface area contributed by atoms with Gasteiger partial charge in [-0.1, -0.05) is 46.3 Å². The van der Waals surface area contributed by atoms with Gasteiger partial charge in [-0.05, 0) is 63.5 Å². The molecule has 0 aliphatic rings. The van der Waals surface area contributed by atoms with Crippen LogP contribution < -0.4 is 14.2 Å². The predicted octanol–water partition coefficient (Wildman–Crippen LogP) is 6.87. The highest BCUT2D eigenvalue weighted by atomic mass is 79.9. The maximum Gasteiger partial charge on any atom is 0.161 e. The number of hydrogen-bond donors (Lipinski definition) is 0. The minimum absolute atomic E-state index is 0.417. The molecule has 0 amide bonds. The highest BCUT2D eigenvalue weighted by Gasteiger charge is 2.13. The largest absolute Gasteiger partial charge is 0.493 e. The second kappa shape index (κ2) is 10.3. The molecular weight excluding hydrogens is 510 g/mol. The van der Waals surface area contributed by atoms with Gasteiger partial charge in [-0.25, -0.2) is 0 Å². The molecule has 0 aliphatic heterocycles. The summed E-state index contributed by atoms with van der Waals surface area (Å²) in [5.74, 6) is 1.83. The van der Waals surface area contributed by atoms with Crippen LogP contribution in [0.1, 0.15) is 16.7 Å². The number of benzene rings is 3. The van der Waals surface area contributed by atoms with E-state index in [1.165, 1.54) is 0 Å². The van der Waals surface area contributed by atoms with Gasteiger partial charge in [0.2, 0.25) is 0 Å². The lowest BCUT2D eigenvalue weighted by atomic mass is 10.0. The van der Waals surface area contributed by atoms with Crippen LogP contribution in [0.2, 0.25) is 0 Å². The van der Waals surface area contributed by atoms with E-state index in [1.54, 1.807) is 32.4 Å². The van der Waals surface area contributed by atoms with Crippen LogP contribution in [0.25, 0.3) is 11.6 Å². The van der Waals surface area contributed by atoms with Crippen LogP contribution in [0.4, 0.5) is 0 Å². The van der Waals surface area contributed by atoms with Crippen LogP contribution in [0.15, 0.2) is 69.6 Å². The lowest BCUT2D eigenvalue weighted by Gasteiger charge is -2.13. The number of rotatable bonds is 7. The smallest absolute Gasteiger partial charge is 0.161 e. The van der Waals surface area contributed by atoms with Crippen molar-refractivity contribution in [3.8, 4) is 23.3 Å². The second-order valence-electron chi connectivity index (χ2n) is 6.32. The first-order chi connectivity index (χ1) is 14.5. The van der Waals surface area contributed by atoms with Gasteiger partial charge in [-0.15, -0.1) is 0 Å². The quantitative estimate of drug-likeness (QED) is 0.248. The molecule has 30 heavy (non-hydrogen) atoms. The predicted molar refractivity (Wildman–Crippen MR) is 126 cm³/mol. The molecule has 0 spiro atoms. The van der Waals surface area contributed by atoms with Gasteiger partial charge in [-0.2, -0.15) is 5.26 Å². The Morgan fingerprint density at radius 3 is 2.37 bits per heavy atom. The number of ether oxygens (including phenoxy) is 3. The molecule has 3 aromatic rings. The molecule has 0 saturated heterocycles. The maximum atomic E-state index is 9.81. The molecular formula is C24H19Br2NO3. The zero-order valence-electron chi connectivity index (χ0n) is 16.5. The molecule has 0 aromatic heterocycles. The van der Waals surface area contributed by atoms with Crippen molar-refractivity contribution in [3.63, 3.8) is 0 Å². The van der Waals surface area contributed by atoms with Crippen molar-refractivity contribution in [2.75, 3.05) is 14.2 Å². The minimum atomic E-state index is 0.417. The Morgan fingerprint density at radius 1 is 0.967 bits per heavy atom. The molecule has 6 heteroatoms. The summed E-state index contributed by atoms with van der Waals surface area (Å²) in [6.45, 7) is 0.417. The highest BCUT2D eigenvalue weighted by Crippen LogP contribution is 2.37. The molecule has 0 heterocycles. The van der Waals surface area contributed by atoms with E-state index in [2.05, 4.69) is 37.9 Å². The summed E-state index contributed by atoms with van der Waals surface area (Å²) in [4.78, 5) is 0. The van der Waals surface area contributed by atoms with Crippen molar-refractivity contribution in [2.45, 2.75) is 6.61 Å². The lowest BCUT2D eigenvalue weighted by molar-refractivity contribution is 0.303. The Balaban J connectivity index is 2.01. The van der Waals surface area contributed by atoms with Crippen LogP contribution in [-0.4, -0.2) is 14.2 Å². The number of halogens is 2. The van der Waals surface area contributed by atoms with Crippen LogP contribution in [0.5, 0.6) is 17.2 Å². The Hall–Kier alpha value is -2.75. The van der Waals surface area contributed by atoms with E-state index in [4.69, 9.17) is 14.2 Å². The Kier molecular flexibility index (Phi) is 7.56. The summed E-state index contributed by atoms with van der Waals surface area (Å²) >= 11 is 7.10. The van der Waals surface area contributed by atoms with Crippen molar-refractivity contribution >= 4 is 43.5 Å². The molecule has 3 aromatic carbocycles. The number of hydrogen-bond acceptors (Lipinski definition) is 4. The van der Waals surface area contributed by atoms with Gasteiger partial charge in [0, 0.05) is 10.0 Å². The molecule has 0 atom stereocenters. The van der Waals surface area contributed by atoms with E-state index in [-0.39, 0.29) is 0 Å². The fraction of sp³-hybridized carbons (Fsp3) is 0.125. The molecule has 0 N–H and O–H groups in total. The SMILES string of the molecule is COc1ccc(/C(C#N)=C/c2cc(Br)cc(Br)c2OCc2ccccc2)cc1OC. The van der Waals surface area contributed by atoms with Crippen LogP contribution >= 0.6 is 31.9 Å². The van der Waals surface area contributed by atoms with Crippen LogP contribution in [0, 0.1) is 11.3 Å². The molecule has 0 saturated carbocycles. The van der Waals surface area contributed by atoms with Gasteiger partial charge in [0.25, 0.3) is 0 Å². The van der Waals surface area contributed by atoms with Gasteiger partial charge in [0.1, 0.15) is 12.4 Å². The number of nitrogens with zero attached hydrogens (tertiary/aromatic N) is 1. The zero-order chi connectivity index (χ0) is 21.5. The fourth-order valence-corrected chi connectivity index (χ4v) is 4.28. The molecule has 0 aliphatic carbocycles. The van der Waals surface area contributed by atoms with Crippen LogP contribution in [0.3, 0.4) is 0 Å². The zero-order valence-corrected chi connectivity index (χ0v) is 19.7. The first kappa shape index (κ1) is 21.9. The maximum absolute atomic E-state index is 9.81. The first-order valence-electron chi connectivity index (χ1n) is 9.05. The van der Waals surface area contributed by atoms with Gasteiger partial charge in [0.05, 0.1) is 30.3 Å². The molecule has 3 rings (SSSR count). The van der Waals surface area contributed by atoms with E-state index in [9.17, 15) is 5.26 Å². The number of methoxy groups -OCH3 is 2. The van der Waals surface area contributed by atoms with Gasteiger partial charge in [0.15, 0.2) is 11.5 Å². The first-order valence-corrected chi connectivity index (χ1v) is 10.6. The second-order valence-corrected chi connectivity index (χ2v) is 8.09. The summed E-state index contributed by atoms with van der Waals surface area (Å²) in [7, 11) is 3.15. The third-order valence-corrected chi connectivity index (χ3v) is 5.42. The van der Waals surface area contributed by atoms with E-state index in [0.717, 1.165) is 25.6 Å². The topological polar surface area (TPSA) is 51.5 Å². The third-order valence-electron chi connectivity index (χ3n) is 4.38. The minimum Gasteiger partial charge on any atom is -0.493 e. The summed E-state index contributed by atoms with van der Waals surface area (Å²) in [6, 6.07) is 21.4. The van der Waals surface area contributed by atoms with Gasteiger partial charge < -0.3 is 14.2 Å². The van der Waals surface area contributed by atoms with Gasteiger partial charge in [-0.3, -0.25) is 0 Å². The number of nitriles is 1. The molecule has 0 unspecified atom stereocenters. The Labute approximate surface area is 193 Å². The molecule has 0 fully saturated rings. The van der Waals surface area contributed by atoms with Crippen LogP contribution in [-0.2, 0) is 6.61 Å². The van der Waals surface area contributed by atoms with Gasteiger partial charge >= 0.3 is 0 Å². The Bertz CT molecular complexity index is 1110. The summed E-state index contributed by atoms with van der Waals surface area (Å²) < 4.78 is 18.4. The number of allylic oxidation sites excluding steroid dienone is 1. The highest BCUT2D eigenvalue weighted by molar-refractivity contribution is 9.11. The molecule has 0 bridgehead atoms. The lowest BCUT2D eigenvalue weighted by Crippen LogP contribution is -1.98. The normalized spacial score (nSPS) is 11.0. The third kappa shape index (κ3) is 5.24. The average molecular weight is 529 g/mol. The summed E-state index contributed by atoms with van der Waals surface area (Å²) in [5, 5.41) is 9.81. The van der Waals surface area contributed by atoms with Crippen molar-refractivity contribution in [3.05, 3.63) is 86.3 Å². The summed E-state index contributed by atoms with van der Waals surface area (Å²) in [6.07, 6.45) is 1.80. The van der Waals surface area contributed by atoms with Crippen molar-refractivity contribution in [1.29, 1.82) is 5.26 Å². The molecule has 152 valence electrons. The fourth-order valence-electron chi connectivity index (χ4n) is 2.91. The standard InChI is InChI=1S/C24H19Br2NO3/c1-28-22-9-8-17(12-23(22)29-2)19(14-27)10-18-11-20(25)13-21(26)24(18)30-15-16-6-4-3-5-7-16/h3-13H,15H2,1-2H3/b19-10+. The van der Waals surface area contributed by atoms with Crippen molar-refractivity contribution in [1.82, 2.24) is 0 Å². The van der Waals surface area contributed by atoms with Crippen molar-refractivity contribution < 1.29 is 14.2 Å². The Morgan fingerprint density at radius 2 is 1.70 bits per heavy atom. The van der Waals surface area contributed by atoms with E-state index in [0.29, 0.717) is 29.4 Å².